The summed E-state index contributed by atoms with van der Waals surface area (Å²) in [5.41, 5.74) is 0.871. The van der Waals surface area contributed by atoms with Crippen molar-refractivity contribution in [1.29, 1.82) is 0 Å². The molecule has 0 radical (unpaired) electrons. The number of thioether (sulfide) groups is 1. The number of benzene rings is 1. The SMILES string of the molecule is COC(=O)C(CCSC)NC(=O)c1nc2ccccc2n(C2C[C@H]3CC[C@@H](C2)N3C2CCCCCCC2)c1=O. The topological polar surface area (TPSA) is 93.5 Å². The Bertz CT molecular complexity index is 1210. The van der Waals surface area contributed by atoms with Gasteiger partial charge in [-0.25, -0.2) is 9.78 Å². The predicted molar refractivity (Wildman–Crippen MR) is 155 cm³/mol. The molecule has 2 saturated heterocycles. The van der Waals surface area contributed by atoms with Crippen LogP contribution in [-0.4, -0.2) is 69.6 Å². The van der Waals surface area contributed by atoms with E-state index in [1.54, 1.807) is 11.8 Å². The number of piperidine rings is 1. The molecule has 1 aliphatic carbocycles. The predicted octanol–water partition coefficient (Wildman–Crippen LogP) is 4.70. The van der Waals surface area contributed by atoms with Crippen molar-refractivity contribution < 1.29 is 14.3 Å². The summed E-state index contributed by atoms with van der Waals surface area (Å²) in [5.74, 6) is -0.458. The van der Waals surface area contributed by atoms with E-state index in [0.717, 1.165) is 18.4 Å². The number of nitrogens with zero attached hydrogens (tertiary/aromatic N) is 3. The smallest absolute Gasteiger partial charge is 0.328 e. The summed E-state index contributed by atoms with van der Waals surface area (Å²) in [4.78, 5) is 47.0. The highest BCUT2D eigenvalue weighted by Gasteiger charge is 2.44. The van der Waals surface area contributed by atoms with Crippen molar-refractivity contribution in [2.45, 2.75) is 107 Å². The first-order chi connectivity index (χ1) is 19.0. The Labute approximate surface area is 235 Å². The van der Waals surface area contributed by atoms with E-state index < -0.39 is 17.9 Å². The molecule has 1 aromatic heterocycles. The molecule has 212 valence electrons. The number of methoxy groups -OCH3 is 1. The average Bonchev–Trinajstić information content (AvgIpc) is 3.18. The number of ether oxygens (including phenoxy) is 1. The Hall–Kier alpha value is -2.39. The third-order valence-electron chi connectivity index (χ3n) is 9.04. The summed E-state index contributed by atoms with van der Waals surface area (Å²) in [7, 11) is 1.30. The number of nitrogens with one attached hydrogen (secondary N) is 1. The number of carbonyl (C=O) groups is 2. The minimum Gasteiger partial charge on any atom is -0.467 e. The lowest BCUT2D eigenvalue weighted by Gasteiger charge is -2.45. The average molecular weight is 555 g/mol. The molecule has 4 atom stereocenters. The Kier molecular flexibility index (Phi) is 9.28. The number of para-hydroxylation sites is 2. The fraction of sp³-hybridized carbons (Fsp3) is 0.667. The van der Waals surface area contributed by atoms with Gasteiger partial charge in [-0.15, -0.1) is 0 Å². The number of fused-ring (bicyclic) bond motifs is 3. The van der Waals surface area contributed by atoms with Crippen LogP contribution in [0.25, 0.3) is 11.0 Å². The highest BCUT2D eigenvalue weighted by molar-refractivity contribution is 7.98. The highest BCUT2D eigenvalue weighted by Crippen LogP contribution is 2.44. The van der Waals surface area contributed by atoms with Gasteiger partial charge in [0.25, 0.3) is 11.5 Å². The molecule has 5 rings (SSSR count). The van der Waals surface area contributed by atoms with Gasteiger partial charge in [0.2, 0.25) is 0 Å². The van der Waals surface area contributed by atoms with Crippen LogP contribution in [0.15, 0.2) is 29.1 Å². The van der Waals surface area contributed by atoms with E-state index in [1.807, 2.05) is 35.1 Å². The van der Waals surface area contributed by atoms with Gasteiger partial charge in [-0.2, -0.15) is 11.8 Å². The van der Waals surface area contributed by atoms with Crippen molar-refractivity contribution in [3.05, 3.63) is 40.3 Å². The molecule has 1 amide bonds. The minimum atomic E-state index is -0.820. The van der Waals surface area contributed by atoms with Gasteiger partial charge in [-0.05, 0) is 69.1 Å². The number of aromatic nitrogens is 2. The molecule has 2 unspecified atom stereocenters. The van der Waals surface area contributed by atoms with Crippen molar-refractivity contribution in [2.24, 2.45) is 0 Å². The molecule has 8 nitrogen and oxygen atoms in total. The van der Waals surface area contributed by atoms with Gasteiger partial charge in [0.1, 0.15) is 6.04 Å². The van der Waals surface area contributed by atoms with Crippen molar-refractivity contribution in [3.8, 4) is 0 Å². The summed E-state index contributed by atoms with van der Waals surface area (Å²) in [5, 5.41) is 2.73. The molecule has 39 heavy (non-hydrogen) atoms. The summed E-state index contributed by atoms with van der Waals surface area (Å²) in [6.07, 6.45) is 15.8. The van der Waals surface area contributed by atoms with E-state index in [1.165, 1.54) is 64.9 Å². The Morgan fingerprint density at radius 3 is 2.33 bits per heavy atom. The molecule has 3 fully saturated rings. The summed E-state index contributed by atoms with van der Waals surface area (Å²) in [6, 6.07) is 8.40. The fourth-order valence-corrected chi connectivity index (χ4v) is 7.71. The van der Waals surface area contributed by atoms with E-state index in [2.05, 4.69) is 15.2 Å². The van der Waals surface area contributed by atoms with Gasteiger partial charge in [0, 0.05) is 24.2 Å². The monoisotopic (exact) mass is 554 g/mol. The van der Waals surface area contributed by atoms with Crippen molar-refractivity contribution in [3.63, 3.8) is 0 Å². The lowest BCUT2D eigenvalue weighted by Crippen LogP contribution is -2.50. The zero-order valence-electron chi connectivity index (χ0n) is 23.3. The maximum Gasteiger partial charge on any atom is 0.328 e. The van der Waals surface area contributed by atoms with Crippen LogP contribution < -0.4 is 10.9 Å². The van der Waals surface area contributed by atoms with E-state index in [-0.39, 0.29) is 17.3 Å². The maximum atomic E-state index is 14.0. The van der Waals surface area contributed by atoms with Crippen LogP contribution in [0.2, 0.25) is 0 Å². The zero-order valence-corrected chi connectivity index (χ0v) is 24.1. The van der Waals surface area contributed by atoms with Gasteiger partial charge in [-0.1, -0.05) is 44.2 Å². The molecule has 2 aliphatic heterocycles. The van der Waals surface area contributed by atoms with Crippen molar-refractivity contribution in [2.75, 3.05) is 19.1 Å². The summed E-state index contributed by atoms with van der Waals surface area (Å²) in [6.45, 7) is 0. The molecule has 2 bridgehead atoms. The van der Waals surface area contributed by atoms with Crippen LogP contribution in [0.4, 0.5) is 0 Å². The largest absolute Gasteiger partial charge is 0.467 e. The van der Waals surface area contributed by atoms with E-state index in [0.29, 0.717) is 35.8 Å². The number of amides is 1. The number of carbonyl (C=O) groups excluding carboxylic acids is 2. The van der Waals surface area contributed by atoms with Crippen LogP contribution >= 0.6 is 11.8 Å². The molecule has 2 aromatic rings. The van der Waals surface area contributed by atoms with Crippen molar-refractivity contribution in [1.82, 2.24) is 19.8 Å². The van der Waals surface area contributed by atoms with Crippen molar-refractivity contribution >= 4 is 34.7 Å². The van der Waals surface area contributed by atoms with Gasteiger partial charge in [-0.3, -0.25) is 14.5 Å². The van der Waals surface area contributed by atoms with Gasteiger partial charge in [0.15, 0.2) is 5.69 Å². The zero-order chi connectivity index (χ0) is 27.4. The fourth-order valence-electron chi connectivity index (χ4n) is 7.24. The second-order valence-corrected chi connectivity index (χ2v) is 12.4. The van der Waals surface area contributed by atoms with Gasteiger partial charge >= 0.3 is 5.97 Å². The Morgan fingerprint density at radius 2 is 1.67 bits per heavy atom. The maximum absolute atomic E-state index is 14.0. The lowest BCUT2D eigenvalue weighted by atomic mass is 9.89. The van der Waals surface area contributed by atoms with Gasteiger partial charge in [0.05, 0.1) is 18.1 Å². The first-order valence-electron chi connectivity index (χ1n) is 14.7. The van der Waals surface area contributed by atoms with Crippen LogP contribution in [0.3, 0.4) is 0 Å². The molecule has 9 heteroatoms. The lowest BCUT2D eigenvalue weighted by molar-refractivity contribution is -0.142. The third kappa shape index (κ3) is 6.04. The minimum absolute atomic E-state index is 0.0205. The Morgan fingerprint density at radius 1 is 1.00 bits per heavy atom. The second-order valence-electron chi connectivity index (χ2n) is 11.4. The second kappa shape index (κ2) is 12.9. The van der Waals surface area contributed by atoms with Gasteiger partial charge < -0.3 is 14.6 Å². The number of esters is 1. The number of rotatable bonds is 8. The van der Waals surface area contributed by atoms with E-state index >= 15 is 0 Å². The molecule has 1 aromatic carbocycles. The Balaban J connectivity index is 1.43. The quantitative estimate of drug-likeness (QED) is 0.473. The summed E-state index contributed by atoms with van der Waals surface area (Å²) >= 11 is 1.58. The van der Waals surface area contributed by atoms with E-state index in [9.17, 15) is 14.4 Å². The molecule has 1 saturated carbocycles. The standard InChI is InChI=1S/C30H42N4O4S/c1-38-30(37)25(16-17-39-2)32-28(35)27-29(36)34(26-13-9-8-12-24(26)31-27)23-18-21-14-15-22(19-23)33(21)20-10-6-4-3-5-7-11-20/h8-9,12-13,20-23,25H,3-7,10-11,14-19H2,1-2H3,(H,32,35)/t21-,22+,23?,25?. The normalized spacial score (nSPS) is 25.1. The molecule has 3 heterocycles. The first-order valence-corrected chi connectivity index (χ1v) is 16.1. The van der Waals surface area contributed by atoms with Crippen LogP contribution in [0.5, 0.6) is 0 Å². The molecular weight excluding hydrogens is 512 g/mol. The third-order valence-corrected chi connectivity index (χ3v) is 9.68. The first kappa shape index (κ1) is 28.1. The molecule has 1 N–H and O–H groups in total. The summed E-state index contributed by atoms with van der Waals surface area (Å²) < 4.78 is 6.74. The van der Waals surface area contributed by atoms with E-state index in [4.69, 9.17) is 4.74 Å². The number of hydrogen-bond acceptors (Lipinski definition) is 7. The highest BCUT2D eigenvalue weighted by atomic mass is 32.2. The molecular formula is C30H42N4O4S. The molecule has 3 aliphatic rings. The van der Waals surface area contributed by atoms with Crippen LogP contribution in [0, 0.1) is 0 Å². The number of hydrogen-bond donors (Lipinski definition) is 1. The van der Waals surface area contributed by atoms with Crippen LogP contribution in [0.1, 0.15) is 93.6 Å². The van der Waals surface area contributed by atoms with Crippen LogP contribution in [-0.2, 0) is 9.53 Å². The molecule has 0 spiro atoms.